The second-order valence-corrected chi connectivity index (χ2v) is 6.10. The maximum absolute atomic E-state index is 12.4. The average molecular weight is 358 g/mol. The van der Waals surface area contributed by atoms with Crippen molar-refractivity contribution in [3.05, 3.63) is 57.8 Å². The van der Waals surface area contributed by atoms with Crippen molar-refractivity contribution in [2.75, 3.05) is 13.7 Å². The molecule has 0 fully saturated rings. The number of hydrogen-bond donors (Lipinski definition) is 2. The van der Waals surface area contributed by atoms with Crippen LogP contribution in [0.25, 0.3) is 11.6 Å². The maximum atomic E-state index is 12.4. The Labute approximate surface area is 149 Å². The number of ether oxygens (including phenoxy) is 1. The Morgan fingerprint density at radius 3 is 2.64 bits per heavy atom. The number of esters is 1. The van der Waals surface area contributed by atoms with Gasteiger partial charge in [-0.15, -0.1) is 11.3 Å². The Bertz CT molecular complexity index is 797. The number of carbonyl (C=O) groups excluding carboxylic acids is 3. The summed E-state index contributed by atoms with van der Waals surface area (Å²) in [4.78, 5) is 35.8. The number of imide groups is 1. The van der Waals surface area contributed by atoms with Gasteiger partial charge in [0.1, 0.15) is 0 Å². The van der Waals surface area contributed by atoms with E-state index < -0.39 is 24.5 Å². The van der Waals surface area contributed by atoms with Crippen molar-refractivity contribution in [1.29, 1.82) is 0 Å². The fraction of sp³-hybridized carbons (Fsp3) is 0.167. The summed E-state index contributed by atoms with van der Waals surface area (Å²) in [5.41, 5.74) is 2.28. The standard InChI is InChI=1S/C18H18N2O4S/c1-12-5-3-6-13(9-12)10-14(15-7-4-8-25-15)17(22)24-11-16(21)20-18(23)19-2/h3-10H,11H2,1-2H3,(H2,19,20,21,23)/b14-10+. The number of benzene rings is 1. The van der Waals surface area contributed by atoms with Crippen LogP contribution in [0.2, 0.25) is 0 Å². The first-order valence-electron chi connectivity index (χ1n) is 7.50. The highest BCUT2D eigenvalue weighted by atomic mass is 32.1. The lowest BCUT2D eigenvalue weighted by Gasteiger charge is -2.08. The Morgan fingerprint density at radius 2 is 2.00 bits per heavy atom. The van der Waals surface area contributed by atoms with Crippen LogP contribution in [0.15, 0.2) is 41.8 Å². The number of aryl methyl sites for hydroxylation is 1. The highest BCUT2D eigenvalue weighted by Crippen LogP contribution is 2.24. The molecule has 130 valence electrons. The molecule has 0 aliphatic carbocycles. The Hall–Kier alpha value is -2.93. The topological polar surface area (TPSA) is 84.5 Å². The van der Waals surface area contributed by atoms with E-state index in [0.717, 1.165) is 16.0 Å². The maximum Gasteiger partial charge on any atom is 0.340 e. The number of urea groups is 1. The van der Waals surface area contributed by atoms with Gasteiger partial charge in [0, 0.05) is 11.9 Å². The van der Waals surface area contributed by atoms with Crippen molar-refractivity contribution >= 4 is 40.9 Å². The van der Waals surface area contributed by atoms with Crippen LogP contribution in [0.3, 0.4) is 0 Å². The van der Waals surface area contributed by atoms with Gasteiger partial charge in [-0.3, -0.25) is 10.1 Å². The van der Waals surface area contributed by atoms with Gasteiger partial charge in [-0.2, -0.15) is 0 Å². The van der Waals surface area contributed by atoms with E-state index in [1.807, 2.05) is 48.0 Å². The second kappa shape index (κ2) is 8.79. The summed E-state index contributed by atoms with van der Waals surface area (Å²) in [6.07, 6.45) is 1.72. The number of thiophene rings is 1. The summed E-state index contributed by atoms with van der Waals surface area (Å²) < 4.78 is 5.05. The predicted octanol–water partition coefficient (Wildman–Crippen LogP) is 2.60. The molecule has 7 heteroatoms. The van der Waals surface area contributed by atoms with Crippen LogP contribution in [0.1, 0.15) is 16.0 Å². The smallest absolute Gasteiger partial charge is 0.340 e. The molecule has 1 aromatic heterocycles. The molecule has 25 heavy (non-hydrogen) atoms. The Kier molecular flexibility index (Phi) is 6.47. The van der Waals surface area contributed by atoms with Crippen LogP contribution in [0, 0.1) is 6.92 Å². The number of amides is 3. The molecular weight excluding hydrogens is 340 g/mol. The molecule has 0 radical (unpaired) electrons. The van der Waals surface area contributed by atoms with E-state index in [2.05, 4.69) is 5.32 Å². The summed E-state index contributed by atoms with van der Waals surface area (Å²) in [6, 6.07) is 10.7. The van der Waals surface area contributed by atoms with Gasteiger partial charge in [0.25, 0.3) is 5.91 Å². The highest BCUT2D eigenvalue weighted by Gasteiger charge is 2.17. The molecular formula is C18H18N2O4S. The molecule has 0 saturated carbocycles. The minimum Gasteiger partial charge on any atom is -0.452 e. The molecule has 1 aromatic carbocycles. The first kappa shape index (κ1) is 18.4. The second-order valence-electron chi connectivity index (χ2n) is 5.15. The van der Waals surface area contributed by atoms with Crippen molar-refractivity contribution in [1.82, 2.24) is 10.6 Å². The lowest BCUT2D eigenvalue weighted by Crippen LogP contribution is -2.39. The molecule has 6 nitrogen and oxygen atoms in total. The van der Waals surface area contributed by atoms with Crippen molar-refractivity contribution in [2.45, 2.75) is 6.92 Å². The van der Waals surface area contributed by atoms with E-state index in [1.165, 1.54) is 18.4 Å². The Morgan fingerprint density at radius 1 is 1.20 bits per heavy atom. The number of carbonyl (C=O) groups is 3. The molecule has 0 spiro atoms. The van der Waals surface area contributed by atoms with E-state index in [0.29, 0.717) is 5.57 Å². The van der Waals surface area contributed by atoms with Crippen molar-refractivity contribution < 1.29 is 19.1 Å². The first-order chi connectivity index (χ1) is 12.0. The normalized spacial score (nSPS) is 10.9. The summed E-state index contributed by atoms with van der Waals surface area (Å²) in [5.74, 6) is -1.33. The molecule has 1 heterocycles. The van der Waals surface area contributed by atoms with E-state index >= 15 is 0 Å². The monoisotopic (exact) mass is 358 g/mol. The Balaban J connectivity index is 2.15. The molecule has 2 N–H and O–H groups in total. The van der Waals surface area contributed by atoms with Crippen LogP contribution < -0.4 is 10.6 Å². The average Bonchev–Trinajstić information content (AvgIpc) is 3.11. The van der Waals surface area contributed by atoms with Crippen LogP contribution in [0.5, 0.6) is 0 Å². The molecule has 0 aliphatic rings. The third kappa shape index (κ3) is 5.58. The molecule has 0 unspecified atom stereocenters. The quantitative estimate of drug-likeness (QED) is 0.636. The van der Waals surface area contributed by atoms with Gasteiger partial charge >= 0.3 is 12.0 Å². The molecule has 0 aliphatic heterocycles. The van der Waals surface area contributed by atoms with Gasteiger partial charge in [-0.05, 0) is 30.0 Å². The van der Waals surface area contributed by atoms with Gasteiger partial charge in [-0.1, -0.05) is 35.9 Å². The van der Waals surface area contributed by atoms with Crippen LogP contribution in [-0.4, -0.2) is 31.6 Å². The minimum atomic E-state index is -0.700. The lowest BCUT2D eigenvalue weighted by atomic mass is 10.1. The van der Waals surface area contributed by atoms with Gasteiger partial charge in [0.05, 0.1) is 5.57 Å². The summed E-state index contributed by atoms with van der Waals surface area (Å²) in [7, 11) is 1.38. The number of rotatable bonds is 5. The van der Waals surface area contributed by atoms with E-state index in [9.17, 15) is 14.4 Å². The van der Waals surface area contributed by atoms with Gasteiger partial charge in [0.2, 0.25) is 0 Å². The zero-order chi connectivity index (χ0) is 18.2. The van der Waals surface area contributed by atoms with Crippen LogP contribution in [-0.2, 0) is 14.3 Å². The predicted molar refractivity (Wildman–Crippen MR) is 96.9 cm³/mol. The third-order valence-electron chi connectivity index (χ3n) is 3.17. The van der Waals surface area contributed by atoms with Crippen LogP contribution in [0.4, 0.5) is 4.79 Å². The molecule has 0 bridgehead atoms. The fourth-order valence-corrected chi connectivity index (χ4v) is 2.75. The number of nitrogens with one attached hydrogen (secondary N) is 2. The summed E-state index contributed by atoms with van der Waals surface area (Å²) in [5, 5.41) is 6.13. The van der Waals surface area contributed by atoms with Crippen molar-refractivity contribution in [3.63, 3.8) is 0 Å². The van der Waals surface area contributed by atoms with Gasteiger partial charge < -0.3 is 10.1 Å². The first-order valence-corrected chi connectivity index (χ1v) is 8.38. The van der Waals surface area contributed by atoms with E-state index in [1.54, 1.807) is 12.1 Å². The van der Waals surface area contributed by atoms with E-state index in [-0.39, 0.29) is 0 Å². The third-order valence-corrected chi connectivity index (χ3v) is 4.08. The minimum absolute atomic E-state index is 0.355. The largest absolute Gasteiger partial charge is 0.452 e. The molecule has 2 rings (SSSR count). The summed E-state index contributed by atoms with van der Waals surface area (Å²) >= 11 is 1.40. The van der Waals surface area contributed by atoms with E-state index in [4.69, 9.17) is 4.74 Å². The van der Waals surface area contributed by atoms with Gasteiger partial charge in [-0.25, -0.2) is 9.59 Å². The molecule has 3 amide bonds. The van der Waals surface area contributed by atoms with Crippen molar-refractivity contribution in [3.8, 4) is 0 Å². The zero-order valence-corrected chi connectivity index (χ0v) is 14.7. The van der Waals surface area contributed by atoms with Crippen LogP contribution >= 0.6 is 11.3 Å². The molecule has 0 saturated heterocycles. The number of hydrogen-bond acceptors (Lipinski definition) is 5. The molecule has 2 aromatic rings. The molecule has 0 atom stereocenters. The summed E-state index contributed by atoms with van der Waals surface area (Å²) in [6.45, 7) is 1.42. The lowest BCUT2D eigenvalue weighted by molar-refractivity contribution is -0.142. The van der Waals surface area contributed by atoms with Gasteiger partial charge in [0.15, 0.2) is 6.61 Å². The fourth-order valence-electron chi connectivity index (χ4n) is 2.02. The highest BCUT2D eigenvalue weighted by molar-refractivity contribution is 7.11. The zero-order valence-electron chi connectivity index (χ0n) is 13.9. The van der Waals surface area contributed by atoms with Crippen molar-refractivity contribution in [2.24, 2.45) is 0 Å². The SMILES string of the molecule is CNC(=O)NC(=O)COC(=O)/C(=C/c1cccc(C)c1)c1cccs1.